The number of para-hydroxylation sites is 1. The molecule has 130 valence electrons. The van der Waals surface area contributed by atoms with Crippen molar-refractivity contribution in [1.82, 2.24) is 4.98 Å². The van der Waals surface area contributed by atoms with E-state index in [9.17, 15) is 5.26 Å². The van der Waals surface area contributed by atoms with Gasteiger partial charge in [0, 0.05) is 17.1 Å². The van der Waals surface area contributed by atoms with Crippen LogP contribution in [0.25, 0.3) is 16.8 Å². The van der Waals surface area contributed by atoms with E-state index in [4.69, 9.17) is 16.3 Å². The van der Waals surface area contributed by atoms with Crippen LogP contribution in [0, 0.1) is 11.3 Å². The number of thiazole rings is 1. The smallest absolute Gasteiger partial charge is 0.136 e. The minimum Gasteiger partial charge on any atom is -0.494 e. The lowest BCUT2D eigenvalue weighted by atomic mass is 10.2. The van der Waals surface area contributed by atoms with Gasteiger partial charge in [-0.1, -0.05) is 23.7 Å². The SMILES string of the molecule is CCOc1ccc(-c2csc(/C(C#N)=C/Nc3ccccc3Cl)n2)cc1. The van der Waals surface area contributed by atoms with Gasteiger partial charge in [0.05, 0.1) is 23.0 Å². The van der Waals surface area contributed by atoms with Gasteiger partial charge in [0.1, 0.15) is 22.4 Å². The van der Waals surface area contributed by atoms with Crippen LogP contribution in [0.3, 0.4) is 0 Å². The van der Waals surface area contributed by atoms with Crippen molar-refractivity contribution >= 4 is 34.2 Å². The third-order valence-corrected chi connectivity index (χ3v) is 4.77. The molecule has 2 aromatic carbocycles. The Bertz CT molecular complexity index is 958. The van der Waals surface area contributed by atoms with Gasteiger partial charge < -0.3 is 10.1 Å². The molecule has 3 aromatic rings. The standard InChI is InChI=1S/C20H16ClN3OS/c1-2-25-16-9-7-14(8-10-16)19-13-26-20(24-19)15(11-22)12-23-18-6-4-3-5-17(18)21/h3-10,12-13,23H,2H2,1H3/b15-12+. The summed E-state index contributed by atoms with van der Waals surface area (Å²) in [6.45, 7) is 2.59. The highest BCUT2D eigenvalue weighted by Gasteiger charge is 2.09. The van der Waals surface area contributed by atoms with Gasteiger partial charge in [-0.2, -0.15) is 5.26 Å². The number of nitrogens with zero attached hydrogens (tertiary/aromatic N) is 2. The predicted octanol–water partition coefficient (Wildman–Crippen LogP) is 5.84. The molecule has 4 nitrogen and oxygen atoms in total. The molecule has 1 heterocycles. The van der Waals surface area contributed by atoms with Gasteiger partial charge in [-0.05, 0) is 43.3 Å². The predicted molar refractivity (Wildman–Crippen MR) is 107 cm³/mol. The molecule has 0 atom stereocenters. The number of aromatic nitrogens is 1. The van der Waals surface area contributed by atoms with E-state index in [-0.39, 0.29) is 0 Å². The minimum atomic E-state index is 0.451. The van der Waals surface area contributed by atoms with Gasteiger partial charge in [0.2, 0.25) is 0 Å². The highest BCUT2D eigenvalue weighted by Crippen LogP contribution is 2.28. The zero-order valence-corrected chi connectivity index (χ0v) is 15.6. The molecule has 26 heavy (non-hydrogen) atoms. The second kappa shape index (κ2) is 8.52. The maximum absolute atomic E-state index is 9.46. The van der Waals surface area contributed by atoms with E-state index >= 15 is 0 Å². The highest BCUT2D eigenvalue weighted by atomic mass is 35.5. The van der Waals surface area contributed by atoms with Crippen molar-refractivity contribution < 1.29 is 4.74 Å². The number of nitrogens with one attached hydrogen (secondary N) is 1. The molecule has 3 rings (SSSR count). The normalized spacial score (nSPS) is 11.0. The molecule has 0 aliphatic heterocycles. The molecule has 1 N–H and O–H groups in total. The lowest BCUT2D eigenvalue weighted by Crippen LogP contribution is -1.92. The van der Waals surface area contributed by atoms with E-state index in [2.05, 4.69) is 16.4 Å². The van der Waals surface area contributed by atoms with Crippen LogP contribution in [0.2, 0.25) is 5.02 Å². The second-order valence-corrected chi connectivity index (χ2v) is 6.55. The van der Waals surface area contributed by atoms with E-state index in [0.29, 0.717) is 22.2 Å². The zero-order valence-electron chi connectivity index (χ0n) is 14.1. The van der Waals surface area contributed by atoms with Crippen molar-refractivity contribution in [3.05, 3.63) is 70.1 Å². The Labute approximate surface area is 161 Å². The van der Waals surface area contributed by atoms with Crippen molar-refractivity contribution in [3.8, 4) is 23.1 Å². The number of anilines is 1. The van der Waals surface area contributed by atoms with Crippen molar-refractivity contribution in [2.75, 3.05) is 11.9 Å². The number of ether oxygens (including phenoxy) is 1. The topological polar surface area (TPSA) is 57.9 Å². The fraction of sp³-hybridized carbons (Fsp3) is 0.100. The summed E-state index contributed by atoms with van der Waals surface area (Å²) in [5.74, 6) is 0.827. The maximum Gasteiger partial charge on any atom is 0.136 e. The van der Waals surface area contributed by atoms with Crippen LogP contribution in [0.15, 0.2) is 60.1 Å². The van der Waals surface area contributed by atoms with Crippen molar-refractivity contribution in [2.45, 2.75) is 6.92 Å². The van der Waals surface area contributed by atoms with E-state index in [1.54, 1.807) is 12.3 Å². The number of halogens is 1. The van der Waals surface area contributed by atoms with Crippen LogP contribution >= 0.6 is 22.9 Å². The Morgan fingerprint density at radius 2 is 2.04 bits per heavy atom. The second-order valence-electron chi connectivity index (χ2n) is 5.29. The van der Waals surface area contributed by atoms with Gasteiger partial charge in [0.25, 0.3) is 0 Å². The first-order chi connectivity index (χ1) is 12.7. The summed E-state index contributed by atoms with van der Waals surface area (Å²) >= 11 is 7.54. The highest BCUT2D eigenvalue weighted by molar-refractivity contribution is 7.11. The van der Waals surface area contributed by atoms with E-state index in [1.165, 1.54) is 11.3 Å². The van der Waals surface area contributed by atoms with Crippen LogP contribution in [0.4, 0.5) is 5.69 Å². The first-order valence-corrected chi connectivity index (χ1v) is 9.27. The number of benzene rings is 2. The lowest BCUT2D eigenvalue weighted by molar-refractivity contribution is 0.340. The van der Waals surface area contributed by atoms with Gasteiger partial charge in [-0.3, -0.25) is 0 Å². The molecule has 0 unspecified atom stereocenters. The fourth-order valence-electron chi connectivity index (χ4n) is 2.29. The molecular weight excluding hydrogens is 366 g/mol. The average molecular weight is 382 g/mol. The summed E-state index contributed by atoms with van der Waals surface area (Å²) in [4.78, 5) is 4.58. The van der Waals surface area contributed by atoms with Crippen LogP contribution in [-0.4, -0.2) is 11.6 Å². The number of hydrogen-bond donors (Lipinski definition) is 1. The number of allylic oxidation sites excluding steroid dienone is 1. The van der Waals surface area contributed by atoms with Crippen LogP contribution in [0.1, 0.15) is 11.9 Å². The minimum absolute atomic E-state index is 0.451. The van der Waals surface area contributed by atoms with E-state index < -0.39 is 0 Å². The van der Waals surface area contributed by atoms with Crippen LogP contribution < -0.4 is 10.1 Å². The third-order valence-electron chi connectivity index (χ3n) is 3.56. The number of rotatable bonds is 6. The first-order valence-electron chi connectivity index (χ1n) is 8.01. The molecule has 0 saturated heterocycles. The molecule has 0 fully saturated rings. The molecule has 0 bridgehead atoms. The Kier molecular flexibility index (Phi) is 5.90. The summed E-state index contributed by atoms with van der Waals surface area (Å²) in [7, 11) is 0. The summed E-state index contributed by atoms with van der Waals surface area (Å²) < 4.78 is 5.45. The molecule has 0 aliphatic carbocycles. The summed E-state index contributed by atoms with van der Waals surface area (Å²) in [5, 5.41) is 15.7. The lowest BCUT2D eigenvalue weighted by Gasteiger charge is -2.04. The van der Waals surface area contributed by atoms with Crippen molar-refractivity contribution in [2.24, 2.45) is 0 Å². The zero-order chi connectivity index (χ0) is 18.4. The molecule has 0 aliphatic rings. The molecule has 0 amide bonds. The van der Waals surface area contributed by atoms with Gasteiger partial charge in [-0.25, -0.2) is 4.98 Å². The molecule has 0 saturated carbocycles. The fourth-order valence-corrected chi connectivity index (χ4v) is 3.27. The Balaban J connectivity index is 1.79. The molecule has 1 aromatic heterocycles. The van der Waals surface area contributed by atoms with Crippen LogP contribution in [-0.2, 0) is 0 Å². The molecule has 0 spiro atoms. The maximum atomic E-state index is 9.46. The van der Waals surface area contributed by atoms with Gasteiger partial charge in [-0.15, -0.1) is 11.3 Å². The summed E-state index contributed by atoms with van der Waals surface area (Å²) in [6, 6.07) is 17.3. The van der Waals surface area contributed by atoms with Crippen molar-refractivity contribution in [1.29, 1.82) is 5.26 Å². The molecular formula is C20H16ClN3OS. The molecule has 0 radical (unpaired) electrons. The van der Waals surface area contributed by atoms with Crippen molar-refractivity contribution in [3.63, 3.8) is 0 Å². The molecule has 6 heteroatoms. The largest absolute Gasteiger partial charge is 0.494 e. The van der Waals surface area contributed by atoms with E-state index in [1.807, 2.05) is 54.8 Å². The Morgan fingerprint density at radius 1 is 1.27 bits per heavy atom. The summed E-state index contributed by atoms with van der Waals surface area (Å²) in [6.07, 6.45) is 1.63. The monoisotopic (exact) mass is 381 g/mol. The Morgan fingerprint density at radius 3 is 2.73 bits per heavy atom. The van der Waals surface area contributed by atoms with Crippen LogP contribution in [0.5, 0.6) is 5.75 Å². The van der Waals surface area contributed by atoms with E-state index in [0.717, 1.165) is 22.7 Å². The number of nitriles is 1. The Hall–Kier alpha value is -2.81. The van der Waals surface area contributed by atoms with Gasteiger partial charge in [0.15, 0.2) is 0 Å². The first kappa shape index (κ1) is 18.0. The van der Waals surface area contributed by atoms with Gasteiger partial charge >= 0.3 is 0 Å². The third kappa shape index (κ3) is 4.23. The quantitative estimate of drug-likeness (QED) is 0.545. The average Bonchev–Trinajstić information content (AvgIpc) is 3.14. The summed E-state index contributed by atoms with van der Waals surface area (Å²) in [5.41, 5.74) is 3.00. The number of hydrogen-bond acceptors (Lipinski definition) is 5.